The molecule has 0 unspecified atom stereocenters. The standard InChI is InChI=1S/C24H29N3O2/c1-17(20-9-6-5-7-10-20)16-25-24(28)14-13-23-18(2)26-27(19(23)3)21-11-8-12-22(15-21)29-4/h5-12,15,17H,13-14,16H2,1-4H3,(H,25,28)/t17-/m1/s1. The first-order valence-corrected chi connectivity index (χ1v) is 10.0. The summed E-state index contributed by atoms with van der Waals surface area (Å²) in [6.07, 6.45) is 1.13. The minimum Gasteiger partial charge on any atom is -0.497 e. The highest BCUT2D eigenvalue weighted by Crippen LogP contribution is 2.22. The fourth-order valence-corrected chi connectivity index (χ4v) is 3.52. The summed E-state index contributed by atoms with van der Waals surface area (Å²) in [6, 6.07) is 18.1. The Hall–Kier alpha value is -3.08. The van der Waals surface area contributed by atoms with E-state index in [2.05, 4.69) is 29.5 Å². The zero-order valence-corrected chi connectivity index (χ0v) is 17.6. The van der Waals surface area contributed by atoms with Crippen LogP contribution in [0, 0.1) is 13.8 Å². The van der Waals surface area contributed by atoms with Crippen molar-refractivity contribution in [3.05, 3.63) is 77.1 Å². The maximum absolute atomic E-state index is 12.4. The number of ether oxygens (including phenoxy) is 1. The Morgan fingerprint density at radius 2 is 1.90 bits per heavy atom. The second-order valence-electron chi connectivity index (χ2n) is 7.38. The highest BCUT2D eigenvalue weighted by Gasteiger charge is 2.15. The molecule has 0 aliphatic rings. The van der Waals surface area contributed by atoms with E-state index in [0.717, 1.165) is 28.4 Å². The summed E-state index contributed by atoms with van der Waals surface area (Å²) in [6.45, 7) is 6.81. The summed E-state index contributed by atoms with van der Waals surface area (Å²) in [5.74, 6) is 1.16. The van der Waals surface area contributed by atoms with Gasteiger partial charge in [-0.1, -0.05) is 43.3 Å². The molecule has 1 N–H and O–H groups in total. The molecular weight excluding hydrogens is 362 g/mol. The number of nitrogens with one attached hydrogen (secondary N) is 1. The number of nitrogens with zero attached hydrogens (tertiary/aromatic N) is 2. The lowest BCUT2D eigenvalue weighted by atomic mass is 10.0. The van der Waals surface area contributed by atoms with Crippen molar-refractivity contribution in [1.29, 1.82) is 0 Å². The van der Waals surface area contributed by atoms with Gasteiger partial charge in [-0.3, -0.25) is 4.79 Å². The first kappa shape index (κ1) is 20.6. The van der Waals surface area contributed by atoms with Crippen molar-refractivity contribution in [1.82, 2.24) is 15.1 Å². The summed E-state index contributed by atoms with van der Waals surface area (Å²) in [5, 5.41) is 7.74. The van der Waals surface area contributed by atoms with Crippen LogP contribution in [0.4, 0.5) is 0 Å². The van der Waals surface area contributed by atoms with E-state index in [1.807, 2.05) is 61.0 Å². The van der Waals surface area contributed by atoms with Crippen LogP contribution in [-0.4, -0.2) is 29.3 Å². The van der Waals surface area contributed by atoms with E-state index in [0.29, 0.717) is 25.3 Å². The molecule has 1 amide bonds. The van der Waals surface area contributed by atoms with Crippen LogP contribution in [-0.2, 0) is 11.2 Å². The Morgan fingerprint density at radius 1 is 1.14 bits per heavy atom. The molecule has 152 valence electrons. The fourth-order valence-electron chi connectivity index (χ4n) is 3.52. The monoisotopic (exact) mass is 391 g/mol. The van der Waals surface area contributed by atoms with Crippen LogP contribution < -0.4 is 10.1 Å². The van der Waals surface area contributed by atoms with Gasteiger partial charge < -0.3 is 10.1 Å². The molecule has 0 radical (unpaired) electrons. The van der Waals surface area contributed by atoms with Gasteiger partial charge in [-0.2, -0.15) is 5.10 Å². The van der Waals surface area contributed by atoms with Gasteiger partial charge in [-0.05, 0) is 49.4 Å². The zero-order chi connectivity index (χ0) is 20.8. The van der Waals surface area contributed by atoms with Crippen LogP contribution in [0.3, 0.4) is 0 Å². The molecule has 0 aliphatic heterocycles. The van der Waals surface area contributed by atoms with Crippen LogP contribution >= 0.6 is 0 Å². The topological polar surface area (TPSA) is 56.2 Å². The van der Waals surface area contributed by atoms with E-state index < -0.39 is 0 Å². The number of rotatable bonds is 8. The van der Waals surface area contributed by atoms with Crippen molar-refractivity contribution in [2.75, 3.05) is 13.7 Å². The summed E-state index contributed by atoms with van der Waals surface area (Å²) >= 11 is 0. The summed E-state index contributed by atoms with van der Waals surface area (Å²) in [4.78, 5) is 12.4. The zero-order valence-electron chi connectivity index (χ0n) is 17.6. The molecule has 29 heavy (non-hydrogen) atoms. The number of hydrogen-bond donors (Lipinski definition) is 1. The minimum atomic E-state index is 0.0701. The van der Waals surface area contributed by atoms with Crippen molar-refractivity contribution in [2.24, 2.45) is 0 Å². The highest BCUT2D eigenvalue weighted by atomic mass is 16.5. The molecule has 5 heteroatoms. The van der Waals surface area contributed by atoms with Crippen LogP contribution in [0.5, 0.6) is 5.75 Å². The first-order valence-electron chi connectivity index (χ1n) is 10.0. The molecular formula is C24H29N3O2. The molecule has 0 saturated heterocycles. The lowest BCUT2D eigenvalue weighted by molar-refractivity contribution is -0.121. The van der Waals surface area contributed by atoms with E-state index >= 15 is 0 Å². The van der Waals surface area contributed by atoms with Crippen molar-refractivity contribution in [3.8, 4) is 11.4 Å². The van der Waals surface area contributed by atoms with Gasteiger partial charge in [-0.25, -0.2) is 4.68 Å². The second kappa shape index (κ2) is 9.41. The number of aromatic nitrogens is 2. The molecule has 3 rings (SSSR count). The molecule has 0 spiro atoms. The smallest absolute Gasteiger partial charge is 0.220 e. The fraction of sp³-hybridized carbons (Fsp3) is 0.333. The summed E-state index contributed by atoms with van der Waals surface area (Å²) < 4.78 is 7.24. The van der Waals surface area contributed by atoms with E-state index in [1.54, 1.807) is 7.11 Å². The average Bonchev–Trinajstić information content (AvgIpc) is 3.04. The van der Waals surface area contributed by atoms with Gasteiger partial charge in [0.1, 0.15) is 5.75 Å². The maximum Gasteiger partial charge on any atom is 0.220 e. The van der Waals surface area contributed by atoms with E-state index in [9.17, 15) is 4.79 Å². The highest BCUT2D eigenvalue weighted by molar-refractivity contribution is 5.76. The molecule has 0 saturated carbocycles. The van der Waals surface area contributed by atoms with Gasteiger partial charge in [-0.15, -0.1) is 0 Å². The molecule has 0 fully saturated rings. The van der Waals surface area contributed by atoms with E-state index in [4.69, 9.17) is 4.74 Å². The first-order chi connectivity index (χ1) is 14.0. The second-order valence-corrected chi connectivity index (χ2v) is 7.38. The number of carbonyl (C=O) groups excluding carboxylic acids is 1. The van der Waals surface area contributed by atoms with Crippen LogP contribution in [0.25, 0.3) is 5.69 Å². The van der Waals surface area contributed by atoms with Gasteiger partial charge >= 0.3 is 0 Å². The summed E-state index contributed by atoms with van der Waals surface area (Å²) in [5.41, 5.74) is 5.33. The normalized spacial score (nSPS) is 11.9. The van der Waals surface area contributed by atoms with Gasteiger partial charge in [0.15, 0.2) is 0 Å². The number of aryl methyl sites for hydroxylation is 1. The molecule has 2 aromatic carbocycles. The van der Waals surface area contributed by atoms with Crippen LogP contribution in [0.15, 0.2) is 54.6 Å². The maximum atomic E-state index is 12.4. The Kier molecular flexibility index (Phi) is 6.70. The SMILES string of the molecule is COc1cccc(-n2nc(C)c(CCC(=O)NC[C@@H](C)c3ccccc3)c2C)c1. The lowest BCUT2D eigenvalue weighted by Crippen LogP contribution is -2.27. The molecule has 1 aromatic heterocycles. The van der Waals surface area contributed by atoms with Gasteiger partial charge in [0.05, 0.1) is 18.5 Å². The average molecular weight is 392 g/mol. The van der Waals surface area contributed by atoms with Crippen molar-refractivity contribution in [2.45, 2.75) is 39.5 Å². The minimum absolute atomic E-state index is 0.0701. The molecule has 1 atom stereocenters. The third-order valence-corrected chi connectivity index (χ3v) is 5.32. The van der Waals surface area contributed by atoms with E-state index in [1.165, 1.54) is 5.56 Å². The number of benzene rings is 2. The Morgan fingerprint density at radius 3 is 2.62 bits per heavy atom. The van der Waals surface area contributed by atoms with Gasteiger partial charge in [0.2, 0.25) is 5.91 Å². The van der Waals surface area contributed by atoms with Gasteiger partial charge in [0, 0.05) is 24.7 Å². The largest absolute Gasteiger partial charge is 0.497 e. The Labute approximate surface area is 172 Å². The van der Waals surface area contributed by atoms with Crippen LogP contribution in [0.1, 0.15) is 41.8 Å². The quantitative estimate of drug-likeness (QED) is 0.621. The molecule has 1 heterocycles. The lowest BCUT2D eigenvalue weighted by Gasteiger charge is -2.13. The molecule has 3 aromatic rings. The Bertz CT molecular complexity index is 964. The number of amides is 1. The number of hydrogen-bond acceptors (Lipinski definition) is 3. The predicted molar refractivity (Wildman–Crippen MR) is 116 cm³/mol. The molecule has 0 bridgehead atoms. The predicted octanol–water partition coefficient (Wildman–Crippen LogP) is 4.35. The number of methoxy groups -OCH3 is 1. The third-order valence-electron chi connectivity index (χ3n) is 5.32. The molecule has 5 nitrogen and oxygen atoms in total. The number of carbonyl (C=O) groups is 1. The van der Waals surface area contributed by atoms with Crippen molar-refractivity contribution < 1.29 is 9.53 Å². The van der Waals surface area contributed by atoms with Gasteiger partial charge in [0.25, 0.3) is 0 Å². The van der Waals surface area contributed by atoms with Crippen molar-refractivity contribution in [3.63, 3.8) is 0 Å². The summed E-state index contributed by atoms with van der Waals surface area (Å²) in [7, 11) is 1.66. The third kappa shape index (κ3) is 5.05. The molecule has 0 aliphatic carbocycles. The van der Waals surface area contributed by atoms with E-state index in [-0.39, 0.29) is 5.91 Å². The Balaban J connectivity index is 1.60. The van der Waals surface area contributed by atoms with Crippen LogP contribution in [0.2, 0.25) is 0 Å². The van der Waals surface area contributed by atoms with Crippen molar-refractivity contribution >= 4 is 5.91 Å².